The van der Waals surface area contributed by atoms with Crippen LogP contribution in [0.4, 0.5) is 5.82 Å². The Morgan fingerprint density at radius 2 is 1.76 bits per heavy atom. The number of hydrogen-bond acceptors (Lipinski definition) is 7. The summed E-state index contributed by atoms with van der Waals surface area (Å²) in [5, 5.41) is 6.89. The van der Waals surface area contributed by atoms with Crippen molar-refractivity contribution in [2.75, 3.05) is 33.0 Å². The topological polar surface area (TPSA) is 111 Å². The lowest BCUT2D eigenvalue weighted by Gasteiger charge is -2.11. The third-order valence-corrected chi connectivity index (χ3v) is 4.41. The van der Waals surface area contributed by atoms with Crippen LogP contribution in [0.15, 0.2) is 42.5 Å². The van der Waals surface area contributed by atoms with E-state index in [1.54, 1.807) is 38.5 Å². The van der Waals surface area contributed by atoms with Crippen LogP contribution in [-0.4, -0.2) is 43.2 Å². The minimum atomic E-state index is -0.0689. The molecule has 0 fully saturated rings. The number of rotatable bonds is 9. The number of hydrogen-bond donors (Lipinski definition) is 3. The van der Waals surface area contributed by atoms with Crippen molar-refractivity contribution in [1.82, 2.24) is 20.6 Å². The van der Waals surface area contributed by atoms with Crippen LogP contribution in [0.25, 0.3) is 10.9 Å². The van der Waals surface area contributed by atoms with Gasteiger partial charge in [0.2, 0.25) is 0 Å². The van der Waals surface area contributed by atoms with Gasteiger partial charge in [-0.1, -0.05) is 18.2 Å². The van der Waals surface area contributed by atoms with Gasteiger partial charge in [0.25, 0.3) is 5.91 Å². The van der Waals surface area contributed by atoms with Gasteiger partial charge in [-0.3, -0.25) is 4.79 Å². The molecule has 0 saturated carbocycles. The second-order valence-electron chi connectivity index (χ2n) is 6.40. The molecule has 4 N–H and O–H groups in total. The molecule has 152 valence electrons. The Morgan fingerprint density at radius 3 is 2.48 bits per heavy atom. The Balaban J connectivity index is 1.51. The molecule has 0 radical (unpaired) electrons. The van der Waals surface area contributed by atoms with E-state index in [-0.39, 0.29) is 5.91 Å². The lowest BCUT2D eigenvalue weighted by Crippen LogP contribution is -2.27. The van der Waals surface area contributed by atoms with E-state index in [4.69, 9.17) is 15.2 Å². The fourth-order valence-electron chi connectivity index (χ4n) is 2.92. The van der Waals surface area contributed by atoms with Crippen LogP contribution >= 0.6 is 0 Å². The average Bonchev–Trinajstić information content (AvgIpc) is 2.75. The van der Waals surface area contributed by atoms with Crippen molar-refractivity contribution in [1.29, 1.82) is 0 Å². The first-order valence-corrected chi connectivity index (χ1v) is 9.34. The highest BCUT2D eigenvalue weighted by atomic mass is 16.5. The van der Waals surface area contributed by atoms with Crippen molar-refractivity contribution in [3.05, 3.63) is 53.9 Å². The molecule has 29 heavy (non-hydrogen) atoms. The van der Waals surface area contributed by atoms with Gasteiger partial charge in [-0.25, -0.2) is 9.97 Å². The fourth-order valence-corrected chi connectivity index (χ4v) is 2.92. The van der Waals surface area contributed by atoms with E-state index in [0.717, 1.165) is 11.8 Å². The predicted molar refractivity (Wildman–Crippen MR) is 112 cm³/mol. The third kappa shape index (κ3) is 5.11. The molecule has 1 aromatic heterocycles. The number of nitrogens with two attached hydrogens (primary N) is 1. The van der Waals surface area contributed by atoms with Crippen molar-refractivity contribution < 1.29 is 14.3 Å². The molecule has 0 spiro atoms. The van der Waals surface area contributed by atoms with Crippen LogP contribution < -0.4 is 25.8 Å². The molecule has 1 amide bonds. The van der Waals surface area contributed by atoms with E-state index >= 15 is 0 Å². The maximum absolute atomic E-state index is 12.0. The standard InChI is InChI=1S/C21H25N5O3/c1-28-17-11-15-16(12-18(17)29-2)25-19(26-20(15)22)13-23-9-6-10-24-21(27)14-7-4-3-5-8-14/h3-5,7-8,11-12,23H,6,9-10,13H2,1-2H3,(H,24,27)(H2,22,25,26). The molecule has 0 unspecified atom stereocenters. The number of benzene rings is 2. The van der Waals surface area contributed by atoms with E-state index in [1.165, 1.54) is 0 Å². The summed E-state index contributed by atoms with van der Waals surface area (Å²) in [7, 11) is 3.15. The van der Waals surface area contributed by atoms with Gasteiger partial charge >= 0.3 is 0 Å². The van der Waals surface area contributed by atoms with Crippen LogP contribution in [0, 0.1) is 0 Å². The number of nitrogens with zero attached hydrogens (tertiary/aromatic N) is 2. The summed E-state index contributed by atoms with van der Waals surface area (Å²) < 4.78 is 10.6. The molecule has 0 aliphatic carbocycles. The van der Waals surface area contributed by atoms with E-state index in [1.807, 2.05) is 18.2 Å². The first kappa shape index (κ1) is 20.3. The number of carbonyl (C=O) groups excluding carboxylic acids is 1. The van der Waals surface area contributed by atoms with Gasteiger partial charge in [0, 0.05) is 23.6 Å². The number of anilines is 1. The summed E-state index contributed by atoms with van der Waals surface area (Å²) in [4.78, 5) is 20.9. The van der Waals surface area contributed by atoms with Gasteiger partial charge in [-0.15, -0.1) is 0 Å². The normalized spacial score (nSPS) is 10.7. The number of ether oxygens (including phenoxy) is 2. The molecule has 0 bridgehead atoms. The second-order valence-corrected chi connectivity index (χ2v) is 6.40. The van der Waals surface area contributed by atoms with Gasteiger partial charge in [-0.2, -0.15) is 0 Å². The summed E-state index contributed by atoms with van der Waals surface area (Å²) in [5.74, 6) is 2.09. The first-order chi connectivity index (χ1) is 14.1. The predicted octanol–water partition coefficient (Wildman–Crippen LogP) is 2.14. The van der Waals surface area contributed by atoms with E-state index < -0.39 is 0 Å². The molecular formula is C21H25N5O3. The Morgan fingerprint density at radius 1 is 1.03 bits per heavy atom. The molecule has 8 heteroatoms. The summed E-state index contributed by atoms with van der Waals surface area (Å²) >= 11 is 0. The zero-order valence-electron chi connectivity index (χ0n) is 16.6. The molecule has 8 nitrogen and oxygen atoms in total. The molecule has 3 rings (SSSR count). The Hall–Kier alpha value is -3.39. The van der Waals surface area contributed by atoms with Crippen molar-refractivity contribution >= 4 is 22.6 Å². The van der Waals surface area contributed by atoms with Crippen LogP contribution in [0.3, 0.4) is 0 Å². The number of carbonyl (C=O) groups is 1. The van der Waals surface area contributed by atoms with Crippen molar-refractivity contribution in [3.63, 3.8) is 0 Å². The zero-order chi connectivity index (χ0) is 20.6. The highest BCUT2D eigenvalue weighted by molar-refractivity contribution is 5.94. The summed E-state index contributed by atoms with van der Waals surface area (Å²) in [6.07, 6.45) is 0.784. The molecule has 2 aromatic carbocycles. The van der Waals surface area contributed by atoms with E-state index in [0.29, 0.717) is 53.9 Å². The van der Waals surface area contributed by atoms with Crippen molar-refractivity contribution in [2.45, 2.75) is 13.0 Å². The van der Waals surface area contributed by atoms with E-state index in [9.17, 15) is 4.79 Å². The molecule has 1 heterocycles. The Bertz CT molecular complexity index is 979. The second kappa shape index (κ2) is 9.70. The van der Waals surface area contributed by atoms with Gasteiger partial charge in [-0.05, 0) is 31.2 Å². The summed E-state index contributed by atoms with van der Waals surface area (Å²) in [6, 6.07) is 12.7. The maximum Gasteiger partial charge on any atom is 0.251 e. The van der Waals surface area contributed by atoms with Gasteiger partial charge in [0.15, 0.2) is 11.5 Å². The highest BCUT2D eigenvalue weighted by Gasteiger charge is 2.11. The van der Waals surface area contributed by atoms with Crippen LogP contribution in [0.2, 0.25) is 0 Å². The highest BCUT2D eigenvalue weighted by Crippen LogP contribution is 2.33. The van der Waals surface area contributed by atoms with Gasteiger partial charge < -0.3 is 25.8 Å². The fraction of sp³-hybridized carbons (Fsp3) is 0.286. The van der Waals surface area contributed by atoms with Gasteiger partial charge in [0.1, 0.15) is 11.6 Å². The maximum atomic E-state index is 12.0. The molecule has 0 atom stereocenters. The molecule has 0 aliphatic heterocycles. The number of amides is 1. The minimum absolute atomic E-state index is 0.0689. The average molecular weight is 395 g/mol. The van der Waals surface area contributed by atoms with Crippen molar-refractivity contribution in [3.8, 4) is 11.5 Å². The minimum Gasteiger partial charge on any atom is -0.493 e. The van der Waals surface area contributed by atoms with Crippen molar-refractivity contribution in [2.24, 2.45) is 0 Å². The van der Waals surface area contributed by atoms with E-state index in [2.05, 4.69) is 20.6 Å². The largest absolute Gasteiger partial charge is 0.493 e. The van der Waals surface area contributed by atoms with Crippen LogP contribution in [-0.2, 0) is 6.54 Å². The number of nitrogens with one attached hydrogen (secondary N) is 2. The number of fused-ring (bicyclic) bond motifs is 1. The van der Waals surface area contributed by atoms with Gasteiger partial charge in [0.05, 0.1) is 26.3 Å². The summed E-state index contributed by atoms with van der Waals surface area (Å²) in [6.45, 7) is 1.77. The third-order valence-electron chi connectivity index (χ3n) is 4.41. The molecule has 3 aromatic rings. The molecule has 0 aliphatic rings. The quantitative estimate of drug-likeness (QED) is 0.476. The Kier molecular flexibility index (Phi) is 6.80. The zero-order valence-corrected chi connectivity index (χ0v) is 16.6. The smallest absolute Gasteiger partial charge is 0.251 e. The molecule has 0 saturated heterocycles. The number of nitrogen functional groups attached to an aromatic ring is 1. The lowest BCUT2D eigenvalue weighted by molar-refractivity contribution is 0.0953. The number of aromatic nitrogens is 2. The lowest BCUT2D eigenvalue weighted by atomic mass is 10.2. The van der Waals surface area contributed by atoms with Crippen LogP contribution in [0.1, 0.15) is 22.6 Å². The Labute approximate surface area is 169 Å². The van der Waals surface area contributed by atoms with Crippen LogP contribution in [0.5, 0.6) is 11.5 Å². The molecular weight excluding hydrogens is 370 g/mol. The summed E-state index contributed by atoms with van der Waals surface area (Å²) in [5.41, 5.74) is 7.45. The number of methoxy groups -OCH3 is 2. The first-order valence-electron chi connectivity index (χ1n) is 9.34. The SMILES string of the molecule is COc1cc2nc(CNCCCNC(=O)c3ccccc3)nc(N)c2cc1OC. The monoisotopic (exact) mass is 395 g/mol.